The lowest BCUT2D eigenvalue weighted by atomic mass is 9.88. The molecule has 16 heavy (non-hydrogen) atoms. The van der Waals surface area contributed by atoms with E-state index < -0.39 is 0 Å². The van der Waals surface area contributed by atoms with Crippen LogP contribution in [0.4, 0.5) is 0 Å². The highest BCUT2D eigenvalue weighted by Gasteiger charge is 2.21. The minimum atomic E-state index is 0.134. The van der Waals surface area contributed by atoms with Gasteiger partial charge in [0.2, 0.25) is 5.91 Å². The molecule has 0 aliphatic rings. The van der Waals surface area contributed by atoms with Crippen LogP contribution >= 0.6 is 0 Å². The molecule has 3 nitrogen and oxygen atoms in total. The molecule has 0 spiro atoms. The van der Waals surface area contributed by atoms with Crippen LogP contribution in [-0.4, -0.2) is 18.5 Å². The first-order valence-corrected chi connectivity index (χ1v) is 6.37. The SMILES string of the molecule is CC(NC(=O)CCCCCCN)C(C)(C)C. The van der Waals surface area contributed by atoms with E-state index in [2.05, 4.69) is 33.0 Å². The molecule has 0 bridgehead atoms. The summed E-state index contributed by atoms with van der Waals surface area (Å²) in [6.07, 6.45) is 4.93. The number of carbonyl (C=O) groups is 1. The van der Waals surface area contributed by atoms with Crippen molar-refractivity contribution in [3.05, 3.63) is 0 Å². The molecule has 1 amide bonds. The number of hydrogen-bond acceptors (Lipinski definition) is 2. The standard InChI is InChI=1S/C13H28N2O/c1-11(13(2,3)4)15-12(16)9-7-5-6-8-10-14/h11H,5-10,14H2,1-4H3,(H,15,16). The molecule has 0 aliphatic carbocycles. The lowest BCUT2D eigenvalue weighted by Crippen LogP contribution is -2.41. The van der Waals surface area contributed by atoms with E-state index >= 15 is 0 Å². The Morgan fingerprint density at radius 3 is 2.25 bits per heavy atom. The minimum Gasteiger partial charge on any atom is -0.353 e. The van der Waals surface area contributed by atoms with Gasteiger partial charge in [-0.2, -0.15) is 0 Å². The number of rotatable bonds is 7. The van der Waals surface area contributed by atoms with Crippen molar-refractivity contribution in [2.75, 3.05) is 6.54 Å². The van der Waals surface area contributed by atoms with Gasteiger partial charge < -0.3 is 11.1 Å². The van der Waals surface area contributed by atoms with Crippen LogP contribution in [0.15, 0.2) is 0 Å². The molecule has 0 saturated heterocycles. The van der Waals surface area contributed by atoms with E-state index in [1.165, 1.54) is 0 Å². The minimum absolute atomic E-state index is 0.134. The highest BCUT2D eigenvalue weighted by atomic mass is 16.1. The molecule has 0 aliphatic heterocycles. The Hall–Kier alpha value is -0.570. The lowest BCUT2D eigenvalue weighted by molar-refractivity contribution is -0.122. The second kappa shape index (κ2) is 7.66. The maximum atomic E-state index is 11.6. The maximum absolute atomic E-state index is 11.6. The Morgan fingerprint density at radius 2 is 1.75 bits per heavy atom. The van der Waals surface area contributed by atoms with Gasteiger partial charge in [-0.1, -0.05) is 33.6 Å². The molecule has 0 aromatic heterocycles. The Labute approximate surface area is 100 Å². The van der Waals surface area contributed by atoms with Gasteiger partial charge in [0.25, 0.3) is 0 Å². The number of amides is 1. The summed E-state index contributed by atoms with van der Waals surface area (Å²) in [4.78, 5) is 11.6. The van der Waals surface area contributed by atoms with Gasteiger partial charge >= 0.3 is 0 Å². The van der Waals surface area contributed by atoms with Crippen LogP contribution in [0.25, 0.3) is 0 Å². The van der Waals surface area contributed by atoms with Crippen LogP contribution in [0.1, 0.15) is 59.8 Å². The van der Waals surface area contributed by atoms with Crippen molar-refractivity contribution in [1.29, 1.82) is 0 Å². The van der Waals surface area contributed by atoms with E-state index in [1.807, 2.05) is 0 Å². The number of hydrogen-bond donors (Lipinski definition) is 2. The summed E-state index contributed by atoms with van der Waals surface area (Å²) in [7, 11) is 0. The molecule has 3 N–H and O–H groups in total. The predicted octanol–water partition coefficient (Wildman–Crippen LogP) is 2.45. The molecule has 0 rings (SSSR count). The van der Waals surface area contributed by atoms with Crippen molar-refractivity contribution in [1.82, 2.24) is 5.32 Å². The second-order valence-electron chi connectivity index (χ2n) is 5.61. The van der Waals surface area contributed by atoms with Gasteiger partial charge in [0.1, 0.15) is 0 Å². The Kier molecular flexibility index (Phi) is 7.39. The fourth-order valence-electron chi connectivity index (χ4n) is 1.31. The van der Waals surface area contributed by atoms with Gasteiger partial charge in [-0.05, 0) is 31.7 Å². The summed E-state index contributed by atoms with van der Waals surface area (Å²) in [5, 5.41) is 3.05. The molecule has 0 saturated carbocycles. The average Bonchev–Trinajstić information content (AvgIpc) is 2.16. The van der Waals surface area contributed by atoms with E-state index in [-0.39, 0.29) is 17.4 Å². The van der Waals surface area contributed by atoms with E-state index in [4.69, 9.17) is 5.73 Å². The van der Waals surface area contributed by atoms with Gasteiger partial charge in [0.05, 0.1) is 0 Å². The molecular weight excluding hydrogens is 200 g/mol. The van der Waals surface area contributed by atoms with Gasteiger partial charge in [0, 0.05) is 12.5 Å². The van der Waals surface area contributed by atoms with Crippen molar-refractivity contribution in [3.63, 3.8) is 0 Å². The predicted molar refractivity (Wildman–Crippen MR) is 69.2 cm³/mol. The molecule has 1 atom stereocenters. The van der Waals surface area contributed by atoms with Crippen molar-refractivity contribution in [2.45, 2.75) is 65.8 Å². The third-order valence-electron chi connectivity index (χ3n) is 3.03. The van der Waals surface area contributed by atoms with Crippen molar-refractivity contribution < 1.29 is 4.79 Å². The number of unbranched alkanes of at least 4 members (excludes halogenated alkanes) is 3. The maximum Gasteiger partial charge on any atom is 0.220 e. The van der Waals surface area contributed by atoms with Crippen LogP contribution in [-0.2, 0) is 4.79 Å². The summed E-state index contributed by atoms with van der Waals surface area (Å²) in [6.45, 7) is 9.23. The van der Waals surface area contributed by atoms with Gasteiger partial charge in [-0.15, -0.1) is 0 Å². The van der Waals surface area contributed by atoms with E-state index in [1.54, 1.807) is 0 Å². The summed E-state index contributed by atoms with van der Waals surface area (Å²) in [5.74, 6) is 0.176. The van der Waals surface area contributed by atoms with Gasteiger partial charge in [-0.3, -0.25) is 4.79 Å². The third-order valence-corrected chi connectivity index (χ3v) is 3.03. The first-order chi connectivity index (χ1) is 7.38. The number of carbonyl (C=O) groups excluding carboxylic acids is 1. The monoisotopic (exact) mass is 228 g/mol. The largest absolute Gasteiger partial charge is 0.353 e. The fourth-order valence-corrected chi connectivity index (χ4v) is 1.31. The zero-order valence-corrected chi connectivity index (χ0v) is 11.3. The molecule has 96 valence electrons. The molecule has 3 heteroatoms. The topological polar surface area (TPSA) is 55.1 Å². The van der Waals surface area contributed by atoms with E-state index in [9.17, 15) is 4.79 Å². The quantitative estimate of drug-likeness (QED) is 0.658. The Bertz CT molecular complexity index is 197. The first-order valence-electron chi connectivity index (χ1n) is 6.37. The second-order valence-corrected chi connectivity index (χ2v) is 5.61. The van der Waals surface area contributed by atoms with Crippen LogP contribution in [0, 0.1) is 5.41 Å². The summed E-state index contributed by atoms with van der Waals surface area (Å²) in [6, 6.07) is 0.226. The molecular formula is C13H28N2O. The number of nitrogens with two attached hydrogens (primary N) is 1. The molecule has 1 unspecified atom stereocenters. The third kappa shape index (κ3) is 7.69. The Balaban J connectivity index is 3.59. The lowest BCUT2D eigenvalue weighted by Gasteiger charge is -2.28. The van der Waals surface area contributed by atoms with Crippen LogP contribution < -0.4 is 11.1 Å². The summed E-state index contributed by atoms with van der Waals surface area (Å²) >= 11 is 0. The zero-order valence-electron chi connectivity index (χ0n) is 11.3. The molecule has 0 heterocycles. The highest BCUT2D eigenvalue weighted by Crippen LogP contribution is 2.18. The highest BCUT2D eigenvalue weighted by molar-refractivity contribution is 5.76. The van der Waals surface area contributed by atoms with E-state index in [0.717, 1.165) is 32.2 Å². The Morgan fingerprint density at radius 1 is 1.19 bits per heavy atom. The van der Waals surface area contributed by atoms with E-state index in [0.29, 0.717) is 6.42 Å². The zero-order chi connectivity index (χ0) is 12.6. The summed E-state index contributed by atoms with van der Waals surface area (Å²) in [5.41, 5.74) is 5.54. The normalized spacial score (nSPS) is 13.6. The van der Waals surface area contributed by atoms with Gasteiger partial charge in [-0.25, -0.2) is 0 Å². The fraction of sp³-hybridized carbons (Fsp3) is 0.923. The number of nitrogens with one attached hydrogen (secondary N) is 1. The van der Waals surface area contributed by atoms with Gasteiger partial charge in [0.15, 0.2) is 0 Å². The van der Waals surface area contributed by atoms with Crippen molar-refractivity contribution in [2.24, 2.45) is 11.1 Å². The molecule has 0 aromatic carbocycles. The van der Waals surface area contributed by atoms with Crippen LogP contribution in [0.5, 0.6) is 0 Å². The average molecular weight is 228 g/mol. The summed E-state index contributed by atoms with van der Waals surface area (Å²) < 4.78 is 0. The first kappa shape index (κ1) is 15.4. The van der Waals surface area contributed by atoms with Crippen molar-refractivity contribution in [3.8, 4) is 0 Å². The van der Waals surface area contributed by atoms with Crippen LogP contribution in [0.2, 0.25) is 0 Å². The molecule has 0 fully saturated rings. The van der Waals surface area contributed by atoms with Crippen LogP contribution in [0.3, 0.4) is 0 Å². The smallest absolute Gasteiger partial charge is 0.220 e. The molecule has 0 aromatic rings. The van der Waals surface area contributed by atoms with Crippen molar-refractivity contribution >= 4 is 5.91 Å². The molecule has 0 radical (unpaired) electrons.